The molecule has 2 fully saturated rings. The van der Waals surface area contributed by atoms with E-state index in [0.29, 0.717) is 25.7 Å². The van der Waals surface area contributed by atoms with Gasteiger partial charge in [0.05, 0.1) is 6.54 Å². The van der Waals surface area contributed by atoms with Crippen LogP contribution < -0.4 is 14.8 Å². The molecule has 25 heavy (non-hydrogen) atoms. The number of carbonyl (C=O) groups excluding carboxylic acids is 2. The molecular weight excluding hydrogens is 322 g/mol. The Morgan fingerprint density at radius 2 is 2.04 bits per heavy atom. The zero-order chi connectivity index (χ0) is 17.2. The summed E-state index contributed by atoms with van der Waals surface area (Å²) in [6.45, 7) is 2.19. The van der Waals surface area contributed by atoms with E-state index in [1.807, 2.05) is 18.2 Å². The fourth-order valence-electron chi connectivity index (χ4n) is 3.83. The molecule has 3 aliphatic rings. The van der Waals surface area contributed by atoms with E-state index in [4.69, 9.17) is 9.47 Å². The predicted molar refractivity (Wildman–Crippen MR) is 90.3 cm³/mol. The molecule has 4 rings (SSSR count). The molecule has 0 spiro atoms. The van der Waals surface area contributed by atoms with Crippen molar-refractivity contribution >= 4 is 11.9 Å². The summed E-state index contributed by atoms with van der Waals surface area (Å²) in [5.41, 5.74) is 1.09. The van der Waals surface area contributed by atoms with Gasteiger partial charge >= 0.3 is 6.03 Å². The van der Waals surface area contributed by atoms with Crippen LogP contribution in [0.4, 0.5) is 4.79 Å². The van der Waals surface area contributed by atoms with Crippen LogP contribution in [-0.2, 0) is 11.3 Å². The molecule has 1 saturated heterocycles. The molecule has 0 unspecified atom stereocenters. The molecule has 2 aliphatic heterocycles. The van der Waals surface area contributed by atoms with Gasteiger partial charge in [0.15, 0.2) is 11.5 Å². The third-order valence-electron chi connectivity index (χ3n) is 5.16. The van der Waals surface area contributed by atoms with Crippen molar-refractivity contribution in [2.24, 2.45) is 0 Å². The number of hydrogen-bond donors (Lipinski definition) is 1. The van der Waals surface area contributed by atoms with Crippen LogP contribution in [-0.4, -0.2) is 54.2 Å². The Hall–Kier alpha value is -2.28. The molecule has 134 valence electrons. The first kappa shape index (κ1) is 16.2. The molecule has 0 radical (unpaired) electrons. The van der Waals surface area contributed by atoms with E-state index in [2.05, 4.69) is 10.2 Å². The molecule has 1 N–H and O–H groups in total. The number of nitrogens with one attached hydrogen (secondary N) is 1. The molecule has 0 atom stereocenters. The lowest BCUT2D eigenvalue weighted by atomic mass is 10.1. The summed E-state index contributed by atoms with van der Waals surface area (Å²) < 4.78 is 10.8. The summed E-state index contributed by atoms with van der Waals surface area (Å²) in [6.07, 6.45) is 4.59. The minimum Gasteiger partial charge on any atom is -0.454 e. The lowest BCUT2D eigenvalue weighted by Crippen LogP contribution is -2.44. The normalized spacial score (nSPS) is 19.7. The molecule has 0 aromatic heterocycles. The lowest BCUT2D eigenvalue weighted by Gasteiger charge is -2.29. The highest BCUT2D eigenvalue weighted by Gasteiger charge is 2.31. The SMILES string of the molecule is O=C(CN(Cc1ccc2c(c1)OCO2)C1CCCC1)N1CCNC1=O. The molecular formula is C18H23N3O4. The zero-order valence-corrected chi connectivity index (χ0v) is 14.2. The number of benzene rings is 1. The number of nitrogens with zero attached hydrogens (tertiary/aromatic N) is 2. The van der Waals surface area contributed by atoms with Gasteiger partial charge in [-0.15, -0.1) is 0 Å². The van der Waals surface area contributed by atoms with Crippen LogP contribution in [0.5, 0.6) is 11.5 Å². The third kappa shape index (κ3) is 3.42. The van der Waals surface area contributed by atoms with Gasteiger partial charge in [-0.25, -0.2) is 4.79 Å². The summed E-state index contributed by atoms with van der Waals surface area (Å²) in [5, 5.41) is 2.69. The van der Waals surface area contributed by atoms with E-state index in [1.54, 1.807) is 0 Å². The molecule has 7 heteroatoms. The van der Waals surface area contributed by atoms with Crippen molar-refractivity contribution in [1.29, 1.82) is 0 Å². The van der Waals surface area contributed by atoms with Crippen LogP contribution in [0.25, 0.3) is 0 Å². The maximum absolute atomic E-state index is 12.6. The van der Waals surface area contributed by atoms with Crippen LogP contribution in [0, 0.1) is 0 Å². The van der Waals surface area contributed by atoms with Crippen molar-refractivity contribution < 1.29 is 19.1 Å². The van der Waals surface area contributed by atoms with Crippen LogP contribution in [0.15, 0.2) is 18.2 Å². The second-order valence-corrected chi connectivity index (χ2v) is 6.81. The Morgan fingerprint density at radius 3 is 2.80 bits per heavy atom. The quantitative estimate of drug-likeness (QED) is 0.880. The molecule has 0 bridgehead atoms. The van der Waals surface area contributed by atoms with Crippen molar-refractivity contribution in [1.82, 2.24) is 15.1 Å². The summed E-state index contributed by atoms with van der Waals surface area (Å²) in [4.78, 5) is 27.9. The fourth-order valence-corrected chi connectivity index (χ4v) is 3.83. The molecule has 3 amide bonds. The van der Waals surface area contributed by atoms with Crippen LogP contribution in [0.1, 0.15) is 31.2 Å². The molecule has 1 aromatic carbocycles. The molecule has 2 heterocycles. The predicted octanol–water partition coefficient (Wildman–Crippen LogP) is 1.71. The topological polar surface area (TPSA) is 71.1 Å². The van der Waals surface area contributed by atoms with Crippen LogP contribution in [0.2, 0.25) is 0 Å². The average molecular weight is 345 g/mol. The first-order chi connectivity index (χ1) is 12.2. The minimum absolute atomic E-state index is 0.123. The van der Waals surface area contributed by atoms with Crippen molar-refractivity contribution in [3.05, 3.63) is 23.8 Å². The van der Waals surface area contributed by atoms with Crippen molar-refractivity contribution in [3.8, 4) is 11.5 Å². The van der Waals surface area contributed by atoms with E-state index in [-0.39, 0.29) is 25.3 Å². The number of fused-ring (bicyclic) bond motifs is 1. The number of hydrogen-bond acceptors (Lipinski definition) is 5. The zero-order valence-electron chi connectivity index (χ0n) is 14.2. The fraction of sp³-hybridized carbons (Fsp3) is 0.556. The second-order valence-electron chi connectivity index (χ2n) is 6.81. The number of ether oxygens (including phenoxy) is 2. The largest absolute Gasteiger partial charge is 0.454 e. The van der Waals surface area contributed by atoms with Gasteiger partial charge < -0.3 is 14.8 Å². The highest BCUT2D eigenvalue weighted by Crippen LogP contribution is 2.33. The van der Waals surface area contributed by atoms with E-state index >= 15 is 0 Å². The first-order valence-corrected chi connectivity index (χ1v) is 8.91. The van der Waals surface area contributed by atoms with E-state index in [0.717, 1.165) is 29.9 Å². The minimum atomic E-state index is -0.278. The molecule has 1 aliphatic carbocycles. The van der Waals surface area contributed by atoms with E-state index in [9.17, 15) is 9.59 Å². The highest BCUT2D eigenvalue weighted by molar-refractivity contribution is 5.96. The summed E-state index contributed by atoms with van der Waals surface area (Å²) in [5.74, 6) is 1.40. The smallest absolute Gasteiger partial charge is 0.324 e. The van der Waals surface area contributed by atoms with E-state index < -0.39 is 0 Å². The maximum atomic E-state index is 12.6. The van der Waals surface area contributed by atoms with Crippen LogP contribution >= 0.6 is 0 Å². The van der Waals surface area contributed by atoms with Crippen molar-refractivity contribution in [2.45, 2.75) is 38.3 Å². The average Bonchev–Trinajstić information content (AvgIpc) is 3.35. The van der Waals surface area contributed by atoms with Gasteiger partial charge in [-0.3, -0.25) is 14.6 Å². The highest BCUT2D eigenvalue weighted by atomic mass is 16.7. The molecule has 1 aromatic rings. The number of imide groups is 1. The van der Waals surface area contributed by atoms with E-state index in [1.165, 1.54) is 17.7 Å². The van der Waals surface area contributed by atoms with Gasteiger partial charge in [-0.05, 0) is 30.5 Å². The van der Waals surface area contributed by atoms with Crippen molar-refractivity contribution in [2.75, 3.05) is 26.4 Å². The Kier molecular flexibility index (Phi) is 4.48. The third-order valence-corrected chi connectivity index (χ3v) is 5.16. The van der Waals surface area contributed by atoms with Gasteiger partial charge in [0.1, 0.15) is 0 Å². The monoisotopic (exact) mass is 345 g/mol. The summed E-state index contributed by atoms with van der Waals surface area (Å²) in [7, 11) is 0. The van der Waals surface area contributed by atoms with Gasteiger partial charge in [0, 0.05) is 25.7 Å². The lowest BCUT2D eigenvalue weighted by molar-refractivity contribution is -0.129. The number of carbonyl (C=O) groups is 2. The van der Waals surface area contributed by atoms with Gasteiger partial charge in [0.2, 0.25) is 12.7 Å². The number of urea groups is 1. The number of amides is 3. The van der Waals surface area contributed by atoms with Gasteiger partial charge in [-0.2, -0.15) is 0 Å². The van der Waals surface area contributed by atoms with Gasteiger partial charge in [0.25, 0.3) is 0 Å². The van der Waals surface area contributed by atoms with Crippen molar-refractivity contribution in [3.63, 3.8) is 0 Å². The first-order valence-electron chi connectivity index (χ1n) is 8.91. The summed E-state index contributed by atoms with van der Waals surface area (Å²) >= 11 is 0. The Labute approximate surface area is 146 Å². The number of rotatable bonds is 5. The molecule has 1 saturated carbocycles. The Morgan fingerprint density at radius 1 is 1.24 bits per heavy atom. The Bertz CT molecular complexity index is 672. The standard InChI is InChI=1S/C18H23N3O4/c22-17(21-8-7-19-18(21)23)11-20(14-3-1-2-4-14)10-13-5-6-15-16(9-13)25-12-24-15/h5-6,9,14H,1-4,7-8,10-12H2,(H,19,23). The van der Waals surface area contributed by atoms with Gasteiger partial charge in [-0.1, -0.05) is 18.9 Å². The summed E-state index contributed by atoms with van der Waals surface area (Å²) in [6, 6.07) is 6.03. The maximum Gasteiger partial charge on any atom is 0.324 e. The second kappa shape index (κ2) is 6.92. The van der Waals surface area contributed by atoms with Crippen LogP contribution in [0.3, 0.4) is 0 Å². The Balaban J connectivity index is 1.48. The molecule has 7 nitrogen and oxygen atoms in total.